The minimum Gasteiger partial charge on any atom is -0.376 e. The summed E-state index contributed by atoms with van der Waals surface area (Å²) < 4.78 is 7.00. The third-order valence-electron chi connectivity index (χ3n) is 5.20. The quantitative estimate of drug-likeness (QED) is 0.461. The summed E-state index contributed by atoms with van der Waals surface area (Å²) in [6.45, 7) is 5.56. The average Bonchev–Trinajstić information content (AvgIpc) is 3.40. The molecule has 1 fully saturated rings. The number of nitrogens with zero attached hydrogens (tertiary/aromatic N) is 2. The number of aromatic nitrogens is 1. The highest BCUT2D eigenvalue weighted by Crippen LogP contribution is 2.34. The van der Waals surface area contributed by atoms with Gasteiger partial charge in [-0.3, -0.25) is 9.69 Å². The number of hydrogen-bond donors (Lipinski definition) is 0. The van der Waals surface area contributed by atoms with Gasteiger partial charge in [0.15, 0.2) is 5.13 Å². The van der Waals surface area contributed by atoms with E-state index < -0.39 is 0 Å². The van der Waals surface area contributed by atoms with Crippen molar-refractivity contribution in [1.82, 2.24) is 4.98 Å². The van der Waals surface area contributed by atoms with Crippen molar-refractivity contribution in [3.63, 3.8) is 0 Å². The maximum absolute atomic E-state index is 13.2. The van der Waals surface area contributed by atoms with E-state index in [9.17, 15) is 4.79 Å². The normalized spacial score (nSPS) is 16.4. The Labute approximate surface area is 180 Å². The molecule has 1 aromatic heterocycles. The molecule has 1 unspecified atom stereocenters. The number of anilines is 1. The lowest BCUT2D eigenvalue weighted by molar-refractivity contribution is -0.118. The molecule has 152 valence electrons. The Kier molecular flexibility index (Phi) is 6.53. The zero-order valence-electron chi connectivity index (χ0n) is 16.9. The van der Waals surface area contributed by atoms with Crippen LogP contribution in [0, 0.1) is 13.8 Å². The Morgan fingerprint density at radius 2 is 2.00 bits per heavy atom. The molecule has 6 heteroatoms. The summed E-state index contributed by atoms with van der Waals surface area (Å²) in [5.41, 5.74) is 3.37. The maximum atomic E-state index is 13.2. The monoisotopic (exact) mass is 426 g/mol. The van der Waals surface area contributed by atoms with Gasteiger partial charge < -0.3 is 4.74 Å². The van der Waals surface area contributed by atoms with Crippen molar-refractivity contribution in [2.45, 2.75) is 44.1 Å². The number of carbonyl (C=O) groups excluding carboxylic acids is 1. The Hall–Kier alpha value is -1.89. The molecule has 3 aromatic rings. The number of carbonyl (C=O) groups is 1. The van der Waals surface area contributed by atoms with Crippen LogP contribution < -0.4 is 4.90 Å². The number of aryl methyl sites for hydroxylation is 2. The third kappa shape index (κ3) is 4.82. The number of rotatable bonds is 7. The first-order chi connectivity index (χ1) is 14.1. The van der Waals surface area contributed by atoms with Gasteiger partial charge in [0.25, 0.3) is 0 Å². The molecule has 4 nitrogen and oxygen atoms in total. The Morgan fingerprint density at radius 3 is 2.72 bits per heavy atom. The molecule has 1 atom stereocenters. The highest BCUT2D eigenvalue weighted by Gasteiger charge is 2.26. The van der Waals surface area contributed by atoms with E-state index >= 15 is 0 Å². The van der Waals surface area contributed by atoms with Crippen molar-refractivity contribution in [2.75, 3.05) is 23.8 Å². The fourth-order valence-electron chi connectivity index (χ4n) is 3.55. The van der Waals surface area contributed by atoms with Crippen LogP contribution in [0.3, 0.4) is 0 Å². The highest BCUT2D eigenvalue weighted by molar-refractivity contribution is 7.99. The van der Waals surface area contributed by atoms with E-state index in [1.807, 2.05) is 23.1 Å². The predicted molar refractivity (Wildman–Crippen MR) is 122 cm³/mol. The molecule has 29 heavy (non-hydrogen) atoms. The number of thioether (sulfide) groups is 1. The van der Waals surface area contributed by atoms with Crippen LogP contribution in [-0.4, -0.2) is 35.9 Å². The van der Waals surface area contributed by atoms with Crippen molar-refractivity contribution in [3.05, 3.63) is 53.6 Å². The first-order valence-electron chi connectivity index (χ1n) is 10.1. The molecule has 4 rings (SSSR count). The summed E-state index contributed by atoms with van der Waals surface area (Å²) in [5.74, 6) is 0.881. The van der Waals surface area contributed by atoms with Gasteiger partial charge in [-0.05, 0) is 49.9 Å². The molecule has 0 radical (unpaired) electrons. The molecule has 1 amide bonds. The summed E-state index contributed by atoms with van der Waals surface area (Å²) in [4.78, 5) is 21.1. The molecule has 2 heterocycles. The summed E-state index contributed by atoms with van der Waals surface area (Å²) in [5, 5.41) is 0.794. The zero-order valence-corrected chi connectivity index (χ0v) is 18.5. The second-order valence-corrected chi connectivity index (χ2v) is 9.57. The minimum atomic E-state index is 0.106. The minimum absolute atomic E-state index is 0.106. The maximum Gasteiger partial charge on any atom is 0.229 e. The Morgan fingerprint density at radius 1 is 1.21 bits per heavy atom. The highest BCUT2D eigenvalue weighted by atomic mass is 32.2. The number of fused-ring (bicyclic) bond motifs is 1. The van der Waals surface area contributed by atoms with E-state index in [-0.39, 0.29) is 12.0 Å². The number of benzene rings is 2. The number of amides is 1. The van der Waals surface area contributed by atoms with Crippen LogP contribution >= 0.6 is 23.1 Å². The SMILES string of the molecule is Cc1ccc(C)c2sc(N(CC3CCCO3)C(=O)CCSc3ccccc3)nc12. The van der Waals surface area contributed by atoms with Crippen molar-refractivity contribution >= 4 is 44.4 Å². The number of hydrogen-bond acceptors (Lipinski definition) is 5. The van der Waals surface area contributed by atoms with Gasteiger partial charge in [0.2, 0.25) is 5.91 Å². The van der Waals surface area contributed by atoms with Gasteiger partial charge in [-0.15, -0.1) is 11.8 Å². The molecule has 0 saturated carbocycles. The first-order valence-corrected chi connectivity index (χ1v) is 11.9. The fourth-order valence-corrected chi connectivity index (χ4v) is 5.55. The topological polar surface area (TPSA) is 42.4 Å². The molecule has 1 aliphatic heterocycles. The van der Waals surface area contributed by atoms with E-state index in [1.165, 1.54) is 15.2 Å². The molecule has 1 aliphatic rings. The molecule has 1 saturated heterocycles. The molecule has 0 aliphatic carbocycles. The van der Waals surface area contributed by atoms with Crippen molar-refractivity contribution in [1.29, 1.82) is 0 Å². The van der Waals surface area contributed by atoms with E-state index in [2.05, 4.69) is 38.1 Å². The van der Waals surface area contributed by atoms with Crippen LogP contribution in [0.1, 0.15) is 30.4 Å². The molecular formula is C23H26N2O2S2. The van der Waals surface area contributed by atoms with Gasteiger partial charge in [0, 0.05) is 23.7 Å². The standard InChI is InChI=1S/C23H26N2O2S2/c1-16-10-11-17(2)22-21(16)24-23(29-22)25(15-18-7-6-13-27-18)20(26)12-14-28-19-8-4-3-5-9-19/h3-5,8-11,18H,6-7,12-15H2,1-2H3. The third-order valence-corrected chi connectivity index (χ3v) is 7.43. The molecule has 0 spiro atoms. The predicted octanol–water partition coefficient (Wildman–Crippen LogP) is 5.61. The second kappa shape index (κ2) is 9.28. The van der Waals surface area contributed by atoms with Gasteiger partial charge in [0.1, 0.15) is 0 Å². The molecular weight excluding hydrogens is 400 g/mol. The van der Waals surface area contributed by atoms with E-state index in [0.717, 1.165) is 41.4 Å². The Balaban J connectivity index is 1.53. The van der Waals surface area contributed by atoms with Crippen molar-refractivity contribution < 1.29 is 9.53 Å². The number of thiazole rings is 1. The van der Waals surface area contributed by atoms with Crippen LogP contribution in [0.25, 0.3) is 10.2 Å². The lowest BCUT2D eigenvalue weighted by atomic mass is 10.1. The van der Waals surface area contributed by atoms with E-state index in [4.69, 9.17) is 9.72 Å². The lowest BCUT2D eigenvalue weighted by Gasteiger charge is -2.23. The summed E-state index contributed by atoms with van der Waals surface area (Å²) in [6, 6.07) is 14.5. The van der Waals surface area contributed by atoms with Gasteiger partial charge in [-0.25, -0.2) is 4.98 Å². The average molecular weight is 427 g/mol. The molecule has 0 bridgehead atoms. The molecule has 0 N–H and O–H groups in total. The zero-order chi connectivity index (χ0) is 20.2. The van der Waals surface area contributed by atoms with Crippen LogP contribution in [0.5, 0.6) is 0 Å². The van der Waals surface area contributed by atoms with Gasteiger partial charge in [0.05, 0.1) is 22.9 Å². The van der Waals surface area contributed by atoms with E-state index in [1.54, 1.807) is 23.1 Å². The lowest BCUT2D eigenvalue weighted by Crippen LogP contribution is -2.37. The summed E-state index contributed by atoms with van der Waals surface area (Å²) >= 11 is 3.34. The largest absolute Gasteiger partial charge is 0.376 e. The smallest absolute Gasteiger partial charge is 0.229 e. The van der Waals surface area contributed by atoms with Crippen LogP contribution in [0.4, 0.5) is 5.13 Å². The van der Waals surface area contributed by atoms with Crippen LogP contribution in [-0.2, 0) is 9.53 Å². The van der Waals surface area contributed by atoms with Gasteiger partial charge >= 0.3 is 0 Å². The summed E-state index contributed by atoms with van der Waals surface area (Å²) in [7, 11) is 0. The Bertz CT molecular complexity index is 942. The van der Waals surface area contributed by atoms with E-state index in [0.29, 0.717) is 13.0 Å². The first kappa shape index (κ1) is 20.4. The second-order valence-electron chi connectivity index (χ2n) is 7.42. The fraction of sp³-hybridized carbons (Fsp3) is 0.391. The van der Waals surface area contributed by atoms with Crippen molar-refractivity contribution in [3.8, 4) is 0 Å². The van der Waals surface area contributed by atoms with Crippen LogP contribution in [0.2, 0.25) is 0 Å². The number of ether oxygens (including phenoxy) is 1. The summed E-state index contributed by atoms with van der Waals surface area (Å²) in [6.07, 6.45) is 2.66. The van der Waals surface area contributed by atoms with Gasteiger partial charge in [-0.2, -0.15) is 0 Å². The van der Waals surface area contributed by atoms with Crippen molar-refractivity contribution in [2.24, 2.45) is 0 Å². The van der Waals surface area contributed by atoms with Gasteiger partial charge in [-0.1, -0.05) is 41.7 Å². The van der Waals surface area contributed by atoms with Crippen LogP contribution in [0.15, 0.2) is 47.4 Å². The molecule has 2 aromatic carbocycles.